The molecule has 1 saturated carbocycles. The highest BCUT2D eigenvalue weighted by molar-refractivity contribution is 7.09. The van der Waals surface area contributed by atoms with Crippen molar-refractivity contribution in [1.29, 1.82) is 0 Å². The maximum atomic E-state index is 6.02. The van der Waals surface area contributed by atoms with Crippen LogP contribution in [0.1, 0.15) is 43.9 Å². The van der Waals surface area contributed by atoms with Crippen LogP contribution in [0.5, 0.6) is 0 Å². The first-order chi connectivity index (χ1) is 10.7. The minimum atomic E-state index is 0.315. The predicted octanol–water partition coefficient (Wildman–Crippen LogP) is 3.18. The summed E-state index contributed by atoms with van der Waals surface area (Å²) in [6.45, 7) is 5.37. The zero-order valence-corrected chi connectivity index (χ0v) is 14.5. The molecule has 3 N–H and O–H groups in total. The van der Waals surface area contributed by atoms with E-state index in [2.05, 4.69) is 34.7 Å². The Bertz CT molecular complexity index is 439. The number of rotatable bonds is 9. The van der Waals surface area contributed by atoms with Crippen molar-refractivity contribution in [2.24, 2.45) is 16.1 Å². The van der Waals surface area contributed by atoms with E-state index in [0.29, 0.717) is 11.4 Å². The number of nitrogens with one attached hydrogen (secondary N) is 1. The standard InChI is InChI=1S/C17H29N3OS/c1-2-21-12-10-17(8-3-4-9-17)14-20-16(18)19-11-7-15-6-5-13-22-15/h5-6,13H,2-4,7-12,14H2,1H3,(H3,18,19,20). The highest BCUT2D eigenvalue weighted by Gasteiger charge is 2.33. The summed E-state index contributed by atoms with van der Waals surface area (Å²) in [5.41, 5.74) is 6.33. The van der Waals surface area contributed by atoms with E-state index < -0.39 is 0 Å². The molecule has 0 aromatic carbocycles. The summed E-state index contributed by atoms with van der Waals surface area (Å²) < 4.78 is 5.54. The lowest BCUT2D eigenvalue weighted by Gasteiger charge is -2.27. The van der Waals surface area contributed by atoms with Crippen LogP contribution in [0.2, 0.25) is 0 Å². The monoisotopic (exact) mass is 323 g/mol. The first kappa shape index (κ1) is 17.3. The maximum absolute atomic E-state index is 6.02. The summed E-state index contributed by atoms with van der Waals surface area (Å²) in [6.07, 6.45) is 7.25. The Labute approximate surface area is 138 Å². The first-order valence-electron chi connectivity index (χ1n) is 8.38. The lowest BCUT2D eigenvalue weighted by atomic mass is 9.83. The molecule has 22 heavy (non-hydrogen) atoms. The molecular weight excluding hydrogens is 294 g/mol. The van der Waals surface area contributed by atoms with Gasteiger partial charge in [-0.1, -0.05) is 18.9 Å². The van der Waals surface area contributed by atoms with Gasteiger partial charge in [-0.25, -0.2) is 0 Å². The van der Waals surface area contributed by atoms with E-state index >= 15 is 0 Å². The van der Waals surface area contributed by atoms with Gasteiger partial charge in [0.2, 0.25) is 0 Å². The summed E-state index contributed by atoms with van der Waals surface area (Å²) in [5.74, 6) is 0.583. The summed E-state index contributed by atoms with van der Waals surface area (Å²) in [5, 5.41) is 5.34. The topological polar surface area (TPSA) is 59.6 Å². The van der Waals surface area contributed by atoms with Crippen LogP contribution in [-0.2, 0) is 11.2 Å². The molecule has 1 aromatic heterocycles. The number of nitrogens with two attached hydrogens (primary N) is 1. The number of hydrogen-bond acceptors (Lipinski definition) is 3. The van der Waals surface area contributed by atoms with E-state index in [4.69, 9.17) is 10.5 Å². The van der Waals surface area contributed by atoms with Crippen LogP contribution < -0.4 is 11.1 Å². The van der Waals surface area contributed by atoms with Crippen molar-refractivity contribution >= 4 is 17.3 Å². The number of hydrogen-bond donors (Lipinski definition) is 2. The van der Waals surface area contributed by atoms with Gasteiger partial charge in [0.1, 0.15) is 0 Å². The fourth-order valence-electron chi connectivity index (χ4n) is 3.12. The SMILES string of the molecule is CCOCCC1(CN=C(N)NCCc2cccs2)CCCC1. The van der Waals surface area contributed by atoms with Gasteiger partial charge >= 0.3 is 0 Å². The van der Waals surface area contributed by atoms with Crippen LogP contribution in [-0.4, -0.2) is 32.3 Å². The van der Waals surface area contributed by atoms with Crippen LogP contribution in [0.4, 0.5) is 0 Å². The highest BCUT2D eigenvalue weighted by atomic mass is 32.1. The van der Waals surface area contributed by atoms with Crippen LogP contribution in [0.25, 0.3) is 0 Å². The molecule has 0 atom stereocenters. The largest absolute Gasteiger partial charge is 0.382 e. The molecule has 5 heteroatoms. The Hall–Kier alpha value is -1.07. The average Bonchev–Trinajstić information content (AvgIpc) is 3.18. The Morgan fingerprint density at radius 1 is 1.45 bits per heavy atom. The Morgan fingerprint density at radius 3 is 2.95 bits per heavy atom. The van der Waals surface area contributed by atoms with Crippen LogP contribution in [0.3, 0.4) is 0 Å². The van der Waals surface area contributed by atoms with E-state index in [1.165, 1.54) is 30.6 Å². The lowest BCUT2D eigenvalue weighted by molar-refractivity contribution is 0.107. The smallest absolute Gasteiger partial charge is 0.188 e. The van der Waals surface area contributed by atoms with Gasteiger partial charge in [-0.15, -0.1) is 11.3 Å². The van der Waals surface area contributed by atoms with Gasteiger partial charge < -0.3 is 15.8 Å². The number of aliphatic imine (C=N–C) groups is 1. The fourth-order valence-corrected chi connectivity index (χ4v) is 3.83. The van der Waals surface area contributed by atoms with Gasteiger partial charge in [-0.3, -0.25) is 4.99 Å². The minimum absolute atomic E-state index is 0.315. The van der Waals surface area contributed by atoms with Gasteiger partial charge in [-0.2, -0.15) is 0 Å². The van der Waals surface area contributed by atoms with Crippen molar-refractivity contribution in [3.8, 4) is 0 Å². The Balaban J connectivity index is 1.74. The van der Waals surface area contributed by atoms with Gasteiger partial charge in [0, 0.05) is 31.2 Å². The van der Waals surface area contributed by atoms with Crippen molar-refractivity contribution in [1.82, 2.24) is 5.32 Å². The molecule has 1 fully saturated rings. The van der Waals surface area contributed by atoms with Gasteiger partial charge in [0.15, 0.2) is 5.96 Å². The predicted molar refractivity (Wildman–Crippen MR) is 94.5 cm³/mol. The molecule has 2 rings (SSSR count). The maximum Gasteiger partial charge on any atom is 0.188 e. The third-order valence-electron chi connectivity index (χ3n) is 4.49. The van der Waals surface area contributed by atoms with E-state index in [0.717, 1.165) is 39.1 Å². The zero-order valence-electron chi connectivity index (χ0n) is 13.6. The van der Waals surface area contributed by atoms with Crippen molar-refractivity contribution in [3.63, 3.8) is 0 Å². The molecule has 1 aromatic rings. The van der Waals surface area contributed by atoms with Gasteiger partial charge in [-0.05, 0) is 49.5 Å². The van der Waals surface area contributed by atoms with Gasteiger partial charge in [0.05, 0.1) is 0 Å². The van der Waals surface area contributed by atoms with Crippen molar-refractivity contribution < 1.29 is 4.74 Å². The summed E-state index contributed by atoms with van der Waals surface area (Å²) in [6, 6.07) is 4.24. The van der Waals surface area contributed by atoms with Crippen molar-refractivity contribution in [2.45, 2.75) is 45.4 Å². The molecule has 0 unspecified atom stereocenters. The molecule has 0 spiro atoms. The minimum Gasteiger partial charge on any atom is -0.382 e. The molecule has 0 aliphatic heterocycles. The van der Waals surface area contributed by atoms with E-state index in [-0.39, 0.29) is 0 Å². The Morgan fingerprint density at radius 2 is 2.27 bits per heavy atom. The van der Waals surface area contributed by atoms with Gasteiger partial charge in [0.25, 0.3) is 0 Å². The molecule has 1 aliphatic rings. The number of guanidine groups is 1. The summed E-state index contributed by atoms with van der Waals surface area (Å²) in [4.78, 5) is 5.99. The number of ether oxygens (including phenoxy) is 1. The molecule has 1 heterocycles. The normalized spacial score (nSPS) is 17.8. The summed E-state index contributed by atoms with van der Waals surface area (Å²) >= 11 is 1.78. The van der Waals surface area contributed by atoms with Crippen LogP contribution in [0, 0.1) is 5.41 Å². The van der Waals surface area contributed by atoms with Crippen molar-refractivity contribution in [3.05, 3.63) is 22.4 Å². The van der Waals surface area contributed by atoms with E-state index in [1.54, 1.807) is 11.3 Å². The molecule has 1 aliphatic carbocycles. The highest BCUT2D eigenvalue weighted by Crippen LogP contribution is 2.41. The zero-order chi connectivity index (χ0) is 15.7. The third-order valence-corrected chi connectivity index (χ3v) is 5.42. The second-order valence-electron chi connectivity index (χ2n) is 6.11. The molecule has 0 saturated heterocycles. The number of thiophene rings is 1. The fraction of sp³-hybridized carbons (Fsp3) is 0.706. The second-order valence-corrected chi connectivity index (χ2v) is 7.14. The molecular formula is C17H29N3OS. The molecule has 124 valence electrons. The van der Waals surface area contributed by atoms with Crippen molar-refractivity contribution in [2.75, 3.05) is 26.3 Å². The van der Waals surface area contributed by atoms with E-state index in [1.807, 2.05) is 0 Å². The first-order valence-corrected chi connectivity index (χ1v) is 9.26. The van der Waals surface area contributed by atoms with Crippen LogP contribution >= 0.6 is 11.3 Å². The molecule has 0 bridgehead atoms. The number of nitrogens with zero attached hydrogens (tertiary/aromatic N) is 1. The lowest BCUT2D eigenvalue weighted by Crippen LogP contribution is -2.35. The summed E-state index contributed by atoms with van der Waals surface area (Å²) in [7, 11) is 0. The molecule has 0 amide bonds. The molecule has 0 radical (unpaired) electrons. The van der Waals surface area contributed by atoms with E-state index in [9.17, 15) is 0 Å². The Kier molecular flexibility index (Phi) is 7.19. The third kappa shape index (κ3) is 5.61. The molecule has 4 nitrogen and oxygen atoms in total. The average molecular weight is 324 g/mol. The quantitative estimate of drug-likeness (QED) is 0.417. The van der Waals surface area contributed by atoms with Crippen LogP contribution in [0.15, 0.2) is 22.5 Å². The second kappa shape index (κ2) is 9.16.